The topological polar surface area (TPSA) is 80.4 Å². The van der Waals surface area contributed by atoms with Crippen molar-refractivity contribution in [1.29, 1.82) is 0 Å². The summed E-state index contributed by atoms with van der Waals surface area (Å²) in [7, 11) is 0. The van der Waals surface area contributed by atoms with Crippen LogP contribution in [-0.4, -0.2) is 38.7 Å². The first-order valence-electron chi connectivity index (χ1n) is 7.22. The van der Waals surface area contributed by atoms with E-state index in [2.05, 4.69) is 22.7 Å². The van der Waals surface area contributed by atoms with Crippen LogP contribution in [0.25, 0.3) is 5.65 Å². The van der Waals surface area contributed by atoms with Crippen LogP contribution in [0.3, 0.4) is 0 Å². The Morgan fingerprint density at radius 3 is 3.05 bits per heavy atom. The first kappa shape index (κ1) is 16.5. The van der Waals surface area contributed by atoms with Gasteiger partial charge in [0.2, 0.25) is 5.91 Å². The standard InChI is InChI=1S/C14H19N5O2.ClH/c1-10-11(5-4-7-15-10)16-13(20)9-19-14(21)18-8-3-2-6-12(18)17-19;/h2-3,6,8,10-11,15H,4-5,7,9H2,1H3,(H,16,20);1H. The largest absolute Gasteiger partial charge is 0.350 e. The molecule has 1 amide bonds. The van der Waals surface area contributed by atoms with Gasteiger partial charge in [-0.2, -0.15) is 0 Å². The number of carbonyl (C=O) groups is 1. The number of hydrogen-bond acceptors (Lipinski definition) is 4. The molecule has 0 radical (unpaired) electrons. The second-order valence-electron chi connectivity index (χ2n) is 5.43. The van der Waals surface area contributed by atoms with Crippen LogP contribution in [0, 0.1) is 0 Å². The first-order chi connectivity index (χ1) is 10.1. The highest BCUT2D eigenvalue weighted by atomic mass is 35.5. The molecular formula is C14H20ClN5O2. The third-order valence-corrected chi connectivity index (χ3v) is 3.89. The molecule has 2 aromatic rings. The van der Waals surface area contributed by atoms with E-state index in [4.69, 9.17) is 0 Å². The fourth-order valence-corrected chi connectivity index (χ4v) is 2.70. The van der Waals surface area contributed by atoms with Crippen LogP contribution in [0.2, 0.25) is 0 Å². The molecule has 3 rings (SSSR count). The number of rotatable bonds is 3. The van der Waals surface area contributed by atoms with Crippen molar-refractivity contribution < 1.29 is 4.79 Å². The minimum absolute atomic E-state index is 0. The number of amides is 1. The van der Waals surface area contributed by atoms with Crippen molar-refractivity contribution in [2.75, 3.05) is 6.54 Å². The Morgan fingerprint density at radius 1 is 1.50 bits per heavy atom. The minimum Gasteiger partial charge on any atom is -0.350 e. The molecular weight excluding hydrogens is 306 g/mol. The maximum atomic E-state index is 12.1. The smallest absolute Gasteiger partial charge is 0.350 e. The van der Waals surface area contributed by atoms with E-state index in [9.17, 15) is 9.59 Å². The van der Waals surface area contributed by atoms with E-state index in [1.54, 1.807) is 18.3 Å². The van der Waals surface area contributed by atoms with E-state index in [0.717, 1.165) is 19.4 Å². The zero-order chi connectivity index (χ0) is 14.8. The van der Waals surface area contributed by atoms with Gasteiger partial charge in [0.15, 0.2) is 5.65 Å². The maximum absolute atomic E-state index is 12.1. The van der Waals surface area contributed by atoms with E-state index in [-0.39, 0.29) is 42.6 Å². The molecule has 0 aromatic carbocycles. The Bertz CT molecular complexity index is 711. The predicted molar refractivity (Wildman–Crippen MR) is 85.3 cm³/mol. The number of hydrogen-bond donors (Lipinski definition) is 2. The molecule has 1 saturated heterocycles. The van der Waals surface area contributed by atoms with E-state index in [1.165, 1.54) is 9.08 Å². The Labute approximate surface area is 134 Å². The summed E-state index contributed by atoms with van der Waals surface area (Å²) in [5, 5.41) is 10.5. The second-order valence-corrected chi connectivity index (χ2v) is 5.43. The Hall–Kier alpha value is -1.86. The molecule has 22 heavy (non-hydrogen) atoms. The summed E-state index contributed by atoms with van der Waals surface area (Å²) in [5.74, 6) is -0.180. The lowest BCUT2D eigenvalue weighted by Crippen LogP contribution is -2.52. The van der Waals surface area contributed by atoms with Gasteiger partial charge in [0, 0.05) is 18.3 Å². The molecule has 8 heteroatoms. The van der Waals surface area contributed by atoms with Crippen LogP contribution in [-0.2, 0) is 11.3 Å². The number of nitrogens with zero attached hydrogens (tertiary/aromatic N) is 3. The Balaban J connectivity index is 0.00000176. The summed E-state index contributed by atoms with van der Waals surface area (Å²) >= 11 is 0. The molecule has 2 unspecified atom stereocenters. The summed E-state index contributed by atoms with van der Waals surface area (Å²) < 4.78 is 2.63. The quantitative estimate of drug-likeness (QED) is 0.843. The second kappa shape index (κ2) is 6.93. The monoisotopic (exact) mass is 325 g/mol. The average molecular weight is 326 g/mol. The molecule has 120 valence electrons. The van der Waals surface area contributed by atoms with Gasteiger partial charge in [-0.15, -0.1) is 17.5 Å². The van der Waals surface area contributed by atoms with Crippen molar-refractivity contribution in [3.05, 3.63) is 34.9 Å². The first-order valence-corrected chi connectivity index (χ1v) is 7.22. The van der Waals surface area contributed by atoms with Gasteiger partial charge in [-0.25, -0.2) is 9.48 Å². The van der Waals surface area contributed by atoms with Gasteiger partial charge in [0.1, 0.15) is 6.54 Å². The molecule has 2 atom stereocenters. The number of carbonyl (C=O) groups excluding carboxylic acids is 1. The molecule has 2 aromatic heterocycles. The van der Waals surface area contributed by atoms with E-state index in [0.29, 0.717) is 5.65 Å². The van der Waals surface area contributed by atoms with Crippen molar-refractivity contribution in [1.82, 2.24) is 24.8 Å². The van der Waals surface area contributed by atoms with Gasteiger partial charge in [-0.05, 0) is 38.4 Å². The molecule has 1 aliphatic rings. The lowest BCUT2D eigenvalue weighted by Gasteiger charge is -2.30. The highest BCUT2D eigenvalue weighted by Gasteiger charge is 2.22. The van der Waals surface area contributed by atoms with Crippen molar-refractivity contribution in [2.24, 2.45) is 0 Å². The number of pyridine rings is 1. The fraction of sp³-hybridized carbons (Fsp3) is 0.500. The van der Waals surface area contributed by atoms with Gasteiger partial charge in [0.05, 0.1) is 0 Å². The molecule has 3 heterocycles. The zero-order valence-electron chi connectivity index (χ0n) is 12.4. The molecule has 7 nitrogen and oxygen atoms in total. The van der Waals surface area contributed by atoms with Crippen molar-refractivity contribution in [2.45, 2.75) is 38.4 Å². The van der Waals surface area contributed by atoms with Crippen LogP contribution >= 0.6 is 12.4 Å². The van der Waals surface area contributed by atoms with E-state index < -0.39 is 0 Å². The predicted octanol–water partition coefficient (Wildman–Crippen LogP) is 0.174. The van der Waals surface area contributed by atoms with Crippen LogP contribution in [0.4, 0.5) is 0 Å². The summed E-state index contributed by atoms with van der Waals surface area (Å²) in [6.45, 7) is 2.99. The van der Waals surface area contributed by atoms with E-state index >= 15 is 0 Å². The molecule has 1 aliphatic heterocycles. The lowest BCUT2D eigenvalue weighted by molar-refractivity contribution is -0.123. The summed E-state index contributed by atoms with van der Waals surface area (Å²) in [6, 6.07) is 5.67. The zero-order valence-corrected chi connectivity index (χ0v) is 13.2. The van der Waals surface area contributed by atoms with Gasteiger partial charge < -0.3 is 10.6 Å². The number of nitrogens with one attached hydrogen (secondary N) is 2. The number of aromatic nitrogens is 3. The molecule has 0 bridgehead atoms. The Kier molecular flexibility index (Phi) is 5.20. The summed E-state index contributed by atoms with van der Waals surface area (Å²) in [5.41, 5.74) is 0.249. The number of fused-ring (bicyclic) bond motifs is 1. The van der Waals surface area contributed by atoms with Gasteiger partial charge in [0.25, 0.3) is 0 Å². The average Bonchev–Trinajstić information content (AvgIpc) is 2.78. The fourth-order valence-electron chi connectivity index (χ4n) is 2.70. The van der Waals surface area contributed by atoms with E-state index in [1.807, 2.05) is 6.07 Å². The SMILES string of the molecule is CC1NCCCC1NC(=O)Cn1nc2ccccn2c1=O.Cl. The summed E-state index contributed by atoms with van der Waals surface area (Å²) in [4.78, 5) is 24.2. The molecule has 0 spiro atoms. The highest BCUT2D eigenvalue weighted by molar-refractivity contribution is 5.85. The molecule has 0 aliphatic carbocycles. The highest BCUT2D eigenvalue weighted by Crippen LogP contribution is 2.07. The molecule has 2 N–H and O–H groups in total. The van der Waals surface area contributed by atoms with Crippen LogP contribution in [0.1, 0.15) is 19.8 Å². The van der Waals surface area contributed by atoms with Crippen LogP contribution < -0.4 is 16.3 Å². The van der Waals surface area contributed by atoms with Gasteiger partial charge in [-0.1, -0.05) is 6.07 Å². The third kappa shape index (κ3) is 3.31. The molecule has 0 saturated carbocycles. The Morgan fingerprint density at radius 2 is 2.32 bits per heavy atom. The van der Waals surface area contributed by atoms with Crippen molar-refractivity contribution in [3.8, 4) is 0 Å². The van der Waals surface area contributed by atoms with Crippen molar-refractivity contribution in [3.63, 3.8) is 0 Å². The van der Waals surface area contributed by atoms with Crippen molar-refractivity contribution >= 4 is 24.0 Å². The molecule has 1 fully saturated rings. The number of halogens is 1. The van der Waals surface area contributed by atoms with Gasteiger partial charge in [-0.3, -0.25) is 9.20 Å². The summed E-state index contributed by atoms with van der Waals surface area (Å²) in [6.07, 6.45) is 3.65. The van der Waals surface area contributed by atoms with Gasteiger partial charge >= 0.3 is 5.69 Å². The number of piperidine rings is 1. The normalized spacial score (nSPS) is 21.3. The maximum Gasteiger partial charge on any atom is 0.350 e. The van der Waals surface area contributed by atoms with Crippen LogP contribution in [0.15, 0.2) is 29.2 Å². The lowest BCUT2D eigenvalue weighted by atomic mass is 10.00. The minimum atomic E-state index is -0.296. The van der Waals surface area contributed by atoms with Crippen LogP contribution in [0.5, 0.6) is 0 Å². The third-order valence-electron chi connectivity index (χ3n) is 3.89.